The number of anilines is 5. The maximum atomic E-state index is 6.51. The number of fused-ring (bicyclic) bond motifs is 4. The van der Waals surface area contributed by atoms with E-state index in [0.29, 0.717) is 11.8 Å². The van der Waals surface area contributed by atoms with Gasteiger partial charge in [-0.25, -0.2) is 9.97 Å². The van der Waals surface area contributed by atoms with Gasteiger partial charge < -0.3 is 18.6 Å². The minimum absolute atomic E-state index is 0.563. The van der Waals surface area contributed by atoms with Gasteiger partial charge in [0.05, 0.1) is 22.7 Å². The predicted molar refractivity (Wildman–Crippen MR) is 308 cm³/mol. The zero-order valence-electron chi connectivity index (χ0n) is 40.9. The van der Waals surface area contributed by atoms with E-state index < -0.39 is 0 Å². The summed E-state index contributed by atoms with van der Waals surface area (Å²) < 4.78 is 13.0. The van der Waals surface area contributed by atoms with Gasteiger partial charge in [-0.2, -0.15) is 0 Å². The minimum Gasteiger partial charge on any atom is -0.436 e. The third kappa shape index (κ3) is 7.58. The van der Waals surface area contributed by atoms with Crippen molar-refractivity contribution in [3.8, 4) is 89.7 Å². The van der Waals surface area contributed by atoms with Crippen molar-refractivity contribution >= 4 is 50.6 Å². The number of aromatic nitrogens is 2. The summed E-state index contributed by atoms with van der Waals surface area (Å²) in [6, 6.07) is 92.4. The lowest BCUT2D eigenvalue weighted by Crippen LogP contribution is -2.23. The fourth-order valence-corrected chi connectivity index (χ4v) is 11.1. The highest BCUT2D eigenvalue weighted by atomic mass is 16.4. The molecule has 2 aromatic heterocycles. The Balaban J connectivity index is 1.14. The molecule has 0 amide bonds. The van der Waals surface area contributed by atoms with E-state index in [0.717, 1.165) is 129 Å². The van der Waals surface area contributed by atoms with Crippen LogP contribution in [0.5, 0.6) is 0 Å². The van der Waals surface area contributed by atoms with Crippen LogP contribution < -0.4 is 9.80 Å². The number of oxazole rings is 2. The maximum Gasteiger partial charge on any atom is 0.227 e. The van der Waals surface area contributed by atoms with Gasteiger partial charge in [0.1, 0.15) is 11.0 Å². The lowest BCUT2D eigenvalue weighted by molar-refractivity contribution is 0.619. The molecule has 3 heterocycles. The number of rotatable bonds is 9. The Morgan fingerprint density at radius 2 is 0.600 bits per heavy atom. The smallest absolute Gasteiger partial charge is 0.227 e. The zero-order chi connectivity index (χ0) is 49.8. The standard InChI is InChI=1S/C69H46N4O2/c1-72-56-36-13-15-38-58(56)73(59-39-16-14-37-57(59)72)53-33-21-30-50(44-53)67-63(46-24-7-3-8-25-46)65(48-28-19-31-51(42-48)68-70-54-34-11-17-40-60(54)74-68)62(45-22-5-2-6-23-45)66(64(67)47-26-9-4-10-27-47)49-29-20-32-52(43-49)69-71-55-35-12-18-41-61(55)75-69/h2-44H,1H3. The second-order valence-corrected chi connectivity index (χ2v) is 18.9. The Hall–Kier alpha value is -10.0. The number of nitrogens with zero attached hydrogens (tertiary/aromatic N) is 4. The minimum atomic E-state index is 0.563. The van der Waals surface area contributed by atoms with Gasteiger partial charge in [0, 0.05) is 23.9 Å². The number of hydrogen-bond acceptors (Lipinski definition) is 6. The van der Waals surface area contributed by atoms with E-state index in [-0.39, 0.29) is 0 Å². The third-order valence-corrected chi connectivity index (χ3v) is 14.4. The molecule has 0 saturated carbocycles. The van der Waals surface area contributed by atoms with Crippen molar-refractivity contribution in [3.05, 3.63) is 261 Å². The Morgan fingerprint density at radius 1 is 0.280 bits per heavy atom. The summed E-state index contributed by atoms with van der Waals surface area (Å²) in [6.07, 6.45) is 0. The average Bonchev–Trinajstić information content (AvgIpc) is 4.14. The quantitative estimate of drug-likeness (QED) is 0.144. The molecule has 1 aliphatic heterocycles. The lowest BCUT2D eigenvalue weighted by Gasteiger charge is -2.38. The van der Waals surface area contributed by atoms with Crippen LogP contribution in [0.2, 0.25) is 0 Å². The van der Waals surface area contributed by atoms with Crippen molar-refractivity contribution in [3.63, 3.8) is 0 Å². The molecule has 0 N–H and O–H groups in total. The summed E-state index contributed by atoms with van der Waals surface area (Å²) in [5.41, 5.74) is 23.2. The number of benzene rings is 11. The van der Waals surface area contributed by atoms with E-state index in [1.807, 2.05) is 48.5 Å². The first kappa shape index (κ1) is 43.7. The molecule has 11 aromatic carbocycles. The molecule has 13 aromatic rings. The summed E-state index contributed by atoms with van der Waals surface area (Å²) in [5.74, 6) is 1.13. The van der Waals surface area contributed by atoms with Gasteiger partial charge in [0.15, 0.2) is 11.2 Å². The molecule has 0 saturated heterocycles. The van der Waals surface area contributed by atoms with Crippen LogP contribution in [-0.2, 0) is 0 Å². The summed E-state index contributed by atoms with van der Waals surface area (Å²) in [7, 11) is 2.15. The van der Waals surface area contributed by atoms with E-state index >= 15 is 0 Å². The molecule has 6 heteroatoms. The predicted octanol–water partition coefficient (Wildman–Crippen LogP) is 18.9. The largest absolute Gasteiger partial charge is 0.436 e. The first-order valence-electron chi connectivity index (χ1n) is 25.3. The van der Waals surface area contributed by atoms with Crippen LogP contribution in [0.3, 0.4) is 0 Å². The molecule has 0 fully saturated rings. The number of para-hydroxylation sites is 8. The summed E-state index contributed by atoms with van der Waals surface area (Å²) in [6.45, 7) is 0. The van der Waals surface area contributed by atoms with Crippen LogP contribution >= 0.6 is 0 Å². The Kier molecular flexibility index (Phi) is 10.6. The van der Waals surface area contributed by atoms with Gasteiger partial charge in [-0.05, 0) is 152 Å². The molecule has 6 nitrogen and oxygen atoms in total. The van der Waals surface area contributed by atoms with Crippen LogP contribution in [0.1, 0.15) is 0 Å². The molecule has 0 atom stereocenters. The SMILES string of the molecule is CN1c2ccccc2N(c2cccc(-c3c(-c4ccccc4)c(-c4cccc(-c5nc6ccccc6o5)c4)c(-c4ccccc4)c(-c4cccc(-c5nc6ccccc6o5)c4)c3-c3ccccc3)c2)c2ccccc21. The van der Waals surface area contributed by atoms with Crippen LogP contribution in [-0.4, -0.2) is 17.0 Å². The first-order valence-corrected chi connectivity index (χ1v) is 25.3. The normalized spacial score (nSPS) is 12.0. The highest BCUT2D eigenvalue weighted by Gasteiger charge is 2.32. The molecular weight excluding hydrogens is 917 g/mol. The fourth-order valence-electron chi connectivity index (χ4n) is 11.1. The molecule has 75 heavy (non-hydrogen) atoms. The van der Waals surface area contributed by atoms with Crippen molar-refractivity contribution in [2.45, 2.75) is 0 Å². The van der Waals surface area contributed by atoms with Gasteiger partial charge in [-0.3, -0.25) is 0 Å². The maximum absolute atomic E-state index is 6.51. The van der Waals surface area contributed by atoms with Crippen LogP contribution in [0.4, 0.5) is 28.4 Å². The van der Waals surface area contributed by atoms with Crippen molar-refractivity contribution in [2.75, 3.05) is 16.8 Å². The highest BCUT2D eigenvalue weighted by Crippen LogP contribution is 2.58. The Bertz CT molecular complexity index is 3980. The molecule has 14 rings (SSSR count). The summed E-state index contributed by atoms with van der Waals surface area (Å²) in [4.78, 5) is 14.7. The monoisotopic (exact) mass is 962 g/mol. The molecule has 0 unspecified atom stereocenters. The van der Waals surface area contributed by atoms with Gasteiger partial charge in [-0.15, -0.1) is 0 Å². The van der Waals surface area contributed by atoms with E-state index in [1.54, 1.807) is 0 Å². The molecule has 0 spiro atoms. The Labute approximate surface area is 434 Å². The average molecular weight is 963 g/mol. The lowest BCUT2D eigenvalue weighted by atomic mass is 9.74. The van der Waals surface area contributed by atoms with Crippen molar-refractivity contribution in [2.24, 2.45) is 0 Å². The van der Waals surface area contributed by atoms with E-state index in [1.165, 1.54) is 0 Å². The van der Waals surface area contributed by atoms with E-state index in [4.69, 9.17) is 18.8 Å². The zero-order valence-corrected chi connectivity index (χ0v) is 40.9. The van der Waals surface area contributed by atoms with Gasteiger partial charge in [0.2, 0.25) is 11.8 Å². The van der Waals surface area contributed by atoms with Crippen molar-refractivity contribution in [1.82, 2.24) is 9.97 Å². The van der Waals surface area contributed by atoms with Crippen molar-refractivity contribution < 1.29 is 8.83 Å². The van der Waals surface area contributed by atoms with Crippen molar-refractivity contribution in [1.29, 1.82) is 0 Å². The molecule has 0 bridgehead atoms. The molecule has 0 radical (unpaired) electrons. The first-order chi connectivity index (χ1) is 37.1. The molecular formula is C69H46N4O2. The topological polar surface area (TPSA) is 58.5 Å². The second kappa shape index (κ2) is 18.2. The Morgan fingerprint density at radius 3 is 1.03 bits per heavy atom. The fraction of sp³-hybridized carbons (Fsp3) is 0.0145. The number of hydrogen-bond donors (Lipinski definition) is 0. The van der Waals surface area contributed by atoms with Gasteiger partial charge >= 0.3 is 0 Å². The van der Waals surface area contributed by atoms with Crippen LogP contribution in [0.25, 0.3) is 112 Å². The van der Waals surface area contributed by atoms with Gasteiger partial charge in [-0.1, -0.05) is 176 Å². The molecule has 354 valence electrons. The van der Waals surface area contributed by atoms with E-state index in [2.05, 4.69) is 229 Å². The highest BCUT2D eigenvalue weighted by molar-refractivity contribution is 6.16. The molecule has 1 aliphatic rings. The van der Waals surface area contributed by atoms with E-state index in [9.17, 15) is 0 Å². The van der Waals surface area contributed by atoms with Gasteiger partial charge in [0.25, 0.3) is 0 Å². The molecule has 0 aliphatic carbocycles. The summed E-state index contributed by atoms with van der Waals surface area (Å²) >= 11 is 0. The second-order valence-electron chi connectivity index (χ2n) is 18.9. The van der Waals surface area contributed by atoms with Crippen LogP contribution in [0.15, 0.2) is 270 Å². The van der Waals surface area contributed by atoms with Crippen LogP contribution in [0, 0.1) is 0 Å². The summed E-state index contributed by atoms with van der Waals surface area (Å²) in [5, 5.41) is 0. The third-order valence-electron chi connectivity index (χ3n) is 14.4.